The fourth-order valence-electron chi connectivity index (χ4n) is 2.02. The fourth-order valence-corrected chi connectivity index (χ4v) is 2.02. The number of hydrogen-bond acceptors (Lipinski definition) is 6. The Morgan fingerprint density at radius 1 is 1.37 bits per heavy atom. The summed E-state index contributed by atoms with van der Waals surface area (Å²) in [5.41, 5.74) is 0. The first kappa shape index (κ1) is 16.1. The van der Waals surface area contributed by atoms with Gasteiger partial charge in [-0.2, -0.15) is 0 Å². The molecule has 3 fully saturated rings. The lowest BCUT2D eigenvalue weighted by molar-refractivity contribution is -0.147. The van der Waals surface area contributed by atoms with Crippen LogP contribution in [0.25, 0.3) is 0 Å². The van der Waals surface area contributed by atoms with Crippen molar-refractivity contribution < 1.29 is 28.9 Å². The number of Topliss-reactive ketones (excluding diaryl/α,β-unsaturated/α-hetero) is 1. The highest BCUT2D eigenvalue weighted by atomic mass is 16.6. The van der Waals surface area contributed by atoms with E-state index in [-0.39, 0.29) is 19.4 Å². The van der Waals surface area contributed by atoms with E-state index in [1.807, 2.05) is 0 Å². The van der Waals surface area contributed by atoms with Crippen LogP contribution in [-0.2, 0) is 23.8 Å². The number of carbonyl (C=O) groups excluding carboxylic acids is 2. The molecule has 6 heteroatoms. The van der Waals surface area contributed by atoms with E-state index in [1.54, 1.807) is 6.92 Å². The average Bonchev–Trinajstić information content (AvgIpc) is 2.92. The summed E-state index contributed by atoms with van der Waals surface area (Å²) in [5.74, 6) is -0.969. The second-order valence-electron chi connectivity index (χ2n) is 4.61. The Bertz CT molecular complexity index is 284. The van der Waals surface area contributed by atoms with Crippen LogP contribution in [0.5, 0.6) is 0 Å². The number of ketones is 1. The SMILES string of the molecule is C1CC2CC1O2.CCOC(=O)CC(=O)CC(O)OC. The fraction of sp³-hybridized carbons (Fsp3) is 0.846. The van der Waals surface area contributed by atoms with Crippen LogP contribution in [0.1, 0.15) is 39.0 Å². The highest BCUT2D eigenvalue weighted by Gasteiger charge is 2.36. The minimum absolute atomic E-state index is 0.185. The molecule has 2 heterocycles. The predicted molar refractivity (Wildman–Crippen MR) is 66.4 cm³/mol. The molecule has 6 nitrogen and oxygen atoms in total. The predicted octanol–water partition coefficient (Wildman–Crippen LogP) is 0.801. The third-order valence-corrected chi connectivity index (χ3v) is 3.04. The van der Waals surface area contributed by atoms with Crippen molar-refractivity contribution >= 4 is 11.8 Å². The first-order valence-corrected chi connectivity index (χ1v) is 6.58. The molecule has 2 saturated heterocycles. The first-order valence-electron chi connectivity index (χ1n) is 6.58. The lowest BCUT2D eigenvalue weighted by Crippen LogP contribution is -2.25. The minimum atomic E-state index is -1.14. The summed E-state index contributed by atoms with van der Waals surface area (Å²) in [4.78, 5) is 21.7. The highest BCUT2D eigenvalue weighted by molar-refractivity contribution is 5.95. The Morgan fingerprint density at radius 3 is 2.32 bits per heavy atom. The molecule has 1 N–H and O–H groups in total. The first-order chi connectivity index (χ1) is 9.05. The van der Waals surface area contributed by atoms with Gasteiger partial charge in [-0.25, -0.2) is 0 Å². The maximum absolute atomic E-state index is 11.0. The van der Waals surface area contributed by atoms with Crippen molar-refractivity contribution in [3.63, 3.8) is 0 Å². The molecule has 1 saturated carbocycles. The summed E-state index contributed by atoms with van der Waals surface area (Å²) in [6.07, 6.45) is 3.78. The average molecular weight is 274 g/mol. The third kappa shape index (κ3) is 6.13. The number of methoxy groups -OCH3 is 1. The zero-order valence-electron chi connectivity index (χ0n) is 11.5. The molecule has 0 amide bonds. The number of rotatable bonds is 6. The number of hydrogen-bond donors (Lipinski definition) is 1. The second-order valence-corrected chi connectivity index (χ2v) is 4.61. The van der Waals surface area contributed by atoms with Gasteiger partial charge in [0.05, 0.1) is 25.2 Å². The number of carbonyl (C=O) groups is 2. The van der Waals surface area contributed by atoms with Crippen LogP contribution in [-0.4, -0.2) is 49.1 Å². The van der Waals surface area contributed by atoms with Gasteiger partial charge in [-0.1, -0.05) is 0 Å². The van der Waals surface area contributed by atoms with Gasteiger partial charge in [0.1, 0.15) is 12.2 Å². The molecular formula is C13H22O6. The molecule has 3 atom stereocenters. The maximum atomic E-state index is 11.0. The molecular weight excluding hydrogens is 252 g/mol. The quantitative estimate of drug-likeness (QED) is 0.438. The van der Waals surface area contributed by atoms with Crippen molar-refractivity contribution in [3.05, 3.63) is 0 Å². The molecule has 110 valence electrons. The minimum Gasteiger partial charge on any atom is -0.466 e. The number of aliphatic hydroxyl groups is 1. The zero-order chi connectivity index (χ0) is 14.3. The van der Waals surface area contributed by atoms with E-state index < -0.39 is 18.0 Å². The molecule has 2 bridgehead atoms. The summed E-state index contributed by atoms with van der Waals surface area (Å²) < 4.78 is 14.2. The van der Waals surface area contributed by atoms with E-state index in [0.717, 1.165) is 0 Å². The molecule has 3 unspecified atom stereocenters. The molecule has 3 aliphatic rings. The number of aliphatic hydroxyl groups excluding tert-OH is 1. The molecule has 0 aromatic rings. The molecule has 2 aliphatic heterocycles. The Hall–Kier alpha value is -0.980. The van der Waals surface area contributed by atoms with Crippen molar-refractivity contribution in [2.75, 3.05) is 13.7 Å². The van der Waals surface area contributed by atoms with Crippen LogP contribution in [0.3, 0.4) is 0 Å². The van der Waals surface area contributed by atoms with Crippen LogP contribution in [0.4, 0.5) is 0 Å². The molecule has 3 rings (SSSR count). The van der Waals surface area contributed by atoms with Crippen LogP contribution < -0.4 is 0 Å². The van der Waals surface area contributed by atoms with Crippen LogP contribution in [0.15, 0.2) is 0 Å². The van der Waals surface area contributed by atoms with Gasteiger partial charge in [0, 0.05) is 7.11 Å². The van der Waals surface area contributed by atoms with E-state index in [2.05, 4.69) is 9.47 Å². The van der Waals surface area contributed by atoms with Crippen molar-refractivity contribution in [3.8, 4) is 0 Å². The molecule has 0 aromatic carbocycles. The molecule has 0 radical (unpaired) electrons. The zero-order valence-corrected chi connectivity index (χ0v) is 11.5. The molecule has 19 heavy (non-hydrogen) atoms. The Morgan fingerprint density at radius 2 is 1.95 bits per heavy atom. The smallest absolute Gasteiger partial charge is 0.313 e. The standard InChI is InChI=1S/C8H14O5.C5H8O/c1-3-13-8(11)5-6(9)4-7(10)12-2;1-2-5-3-4(1)6-5/h7,10H,3-5H2,1-2H3;4-5H,1-3H2. The summed E-state index contributed by atoms with van der Waals surface area (Å²) in [7, 11) is 1.28. The number of ether oxygens (including phenoxy) is 3. The number of esters is 1. The van der Waals surface area contributed by atoms with Gasteiger partial charge in [-0.3, -0.25) is 9.59 Å². The summed E-state index contributed by atoms with van der Waals surface area (Å²) >= 11 is 0. The van der Waals surface area contributed by atoms with E-state index in [0.29, 0.717) is 12.2 Å². The third-order valence-electron chi connectivity index (χ3n) is 3.04. The lowest BCUT2D eigenvalue weighted by atomic mass is 10.2. The largest absolute Gasteiger partial charge is 0.466 e. The van der Waals surface area contributed by atoms with Crippen molar-refractivity contribution in [1.29, 1.82) is 0 Å². The van der Waals surface area contributed by atoms with E-state index in [9.17, 15) is 9.59 Å². The molecule has 0 aromatic heterocycles. The lowest BCUT2D eigenvalue weighted by Gasteiger charge is -2.23. The van der Waals surface area contributed by atoms with Gasteiger partial charge in [-0.15, -0.1) is 0 Å². The second kappa shape index (κ2) is 8.24. The summed E-state index contributed by atoms with van der Waals surface area (Å²) in [6.45, 7) is 1.91. The van der Waals surface area contributed by atoms with Crippen LogP contribution >= 0.6 is 0 Å². The Labute approximate surface area is 113 Å². The normalized spacial score (nSPS) is 24.8. The maximum Gasteiger partial charge on any atom is 0.313 e. The molecule has 0 spiro atoms. The monoisotopic (exact) mass is 274 g/mol. The highest BCUT2D eigenvalue weighted by Crippen LogP contribution is 2.36. The van der Waals surface area contributed by atoms with Gasteiger partial charge in [-0.05, 0) is 26.2 Å². The van der Waals surface area contributed by atoms with Crippen LogP contribution in [0, 0.1) is 0 Å². The van der Waals surface area contributed by atoms with Gasteiger partial charge in [0.15, 0.2) is 6.29 Å². The topological polar surface area (TPSA) is 82.1 Å². The van der Waals surface area contributed by atoms with E-state index in [1.165, 1.54) is 26.4 Å². The molecule has 1 aliphatic carbocycles. The number of fused-ring (bicyclic) bond motifs is 1. The van der Waals surface area contributed by atoms with Gasteiger partial charge >= 0.3 is 5.97 Å². The summed E-state index contributed by atoms with van der Waals surface area (Å²) in [6, 6.07) is 0. The van der Waals surface area contributed by atoms with Crippen molar-refractivity contribution in [1.82, 2.24) is 0 Å². The van der Waals surface area contributed by atoms with Gasteiger partial charge < -0.3 is 19.3 Å². The van der Waals surface area contributed by atoms with Gasteiger partial charge in [0.2, 0.25) is 0 Å². The Kier molecular flexibility index (Phi) is 6.97. The van der Waals surface area contributed by atoms with Crippen molar-refractivity contribution in [2.45, 2.75) is 57.5 Å². The van der Waals surface area contributed by atoms with E-state index in [4.69, 9.17) is 9.84 Å². The van der Waals surface area contributed by atoms with E-state index >= 15 is 0 Å². The van der Waals surface area contributed by atoms with Crippen LogP contribution in [0.2, 0.25) is 0 Å². The summed E-state index contributed by atoms with van der Waals surface area (Å²) in [5, 5.41) is 8.88. The Balaban J connectivity index is 0.000000241. The van der Waals surface area contributed by atoms with Crippen molar-refractivity contribution in [2.24, 2.45) is 0 Å². The van der Waals surface area contributed by atoms with Gasteiger partial charge in [0.25, 0.3) is 0 Å².